The average Bonchev–Trinajstić information content (AvgIpc) is 2.30. The largest absolute Gasteiger partial charge is 0.507 e. The van der Waals surface area contributed by atoms with Crippen molar-refractivity contribution in [3.63, 3.8) is 0 Å². The van der Waals surface area contributed by atoms with Gasteiger partial charge in [-0.1, -0.05) is 6.07 Å². The van der Waals surface area contributed by atoms with Gasteiger partial charge in [0.05, 0.1) is 12.7 Å². The number of hydrogen-bond acceptors (Lipinski definition) is 5. The Morgan fingerprint density at radius 3 is 2.67 bits per heavy atom. The van der Waals surface area contributed by atoms with E-state index in [4.69, 9.17) is 5.73 Å². The minimum atomic E-state index is -1.16. The number of rotatable bonds is 4. The van der Waals surface area contributed by atoms with E-state index in [1.54, 1.807) is 13.0 Å². The zero-order valence-electron chi connectivity index (χ0n) is 10.2. The van der Waals surface area contributed by atoms with Crippen LogP contribution in [0.4, 0.5) is 0 Å². The summed E-state index contributed by atoms with van der Waals surface area (Å²) < 4.78 is 4.58. The van der Waals surface area contributed by atoms with Crippen molar-refractivity contribution >= 4 is 24.7 Å². The maximum Gasteiger partial charge on any atom is 0.325 e. The van der Waals surface area contributed by atoms with Gasteiger partial charge in [-0.2, -0.15) is 0 Å². The van der Waals surface area contributed by atoms with Crippen LogP contribution in [0.5, 0.6) is 5.75 Å². The molecule has 0 spiro atoms. The molecule has 1 atom stereocenters. The molecular weight excluding hydrogens is 258 g/mol. The van der Waals surface area contributed by atoms with Crippen LogP contribution < -0.4 is 5.73 Å². The first-order chi connectivity index (χ1) is 7.90. The van der Waals surface area contributed by atoms with Crippen molar-refractivity contribution in [2.75, 3.05) is 7.11 Å². The highest BCUT2D eigenvalue weighted by Crippen LogP contribution is 2.19. The van der Waals surface area contributed by atoms with E-state index in [2.05, 4.69) is 4.74 Å². The highest BCUT2D eigenvalue weighted by molar-refractivity contribution is 5.85. The Balaban J connectivity index is 0.00000289. The van der Waals surface area contributed by atoms with Gasteiger partial charge in [0, 0.05) is 6.42 Å². The predicted octanol–water partition coefficient (Wildman–Crippen LogP) is 1.06. The Bertz CT molecular complexity index is 446. The highest BCUT2D eigenvalue weighted by atomic mass is 35.5. The van der Waals surface area contributed by atoms with Crippen LogP contribution in [0.2, 0.25) is 0 Å². The lowest BCUT2D eigenvalue weighted by Crippen LogP contribution is -2.47. The fourth-order valence-electron chi connectivity index (χ4n) is 1.54. The highest BCUT2D eigenvalue weighted by Gasteiger charge is 2.29. The monoisotopic (exact) mass is 273 g/mol. The summed E-state index contributed by atoms with van der Waals surface area (Å²) >= 11 is 0. The summed E-state index contributed by atoms with van der Waals surface area (Å²) in [6, 6.07) is 4.50. The van der Waals surface area contributed by atoms with Crippen LogP contribution in [0.3, 0.4) is 0 Å². The van der Waals surface area contributed by atoms with Crippen LogP contribution in [-0.2, 0) is 16.0 Å². The van der Waals surface area contributed by atoms with E-state index < -0.39 is 11.5 Å². The molecule has 6 heteroatoms. The van der Waals surface area contributed by atoms with Crippen molar-refractivity contribution in [2.45, 2.75) is 18.9 Å². The number of halogens is 1. The number of carbonyl (C=O) groups excluding carboxylic acids is 2. The molecule has 0 bridgehead atoms. The van der Waals surface area contributed by atoms with Gasteiger partial charge in [0.2, 0.25) is 0 Å². The molecule has 0 aromatic heterocycles. The first kappa shape index (κ1) is 16.4. The molecule has 3 N–H and O–H groups in total. The molecule has 0 saturated heterocycles. The minimum absolute atomic E-state index is 0. The van der Waals surface area contributed by atoms with E-state index in [0.717, 1.165) is 0 Å². The molecule has 0 amide bonds. The van der Waals surface area contributed by atoms with Gasteiger partial charge in [0.1, 0.15) is 11.3 Å². The summed E-state index contributed by atoms with van der Waals surface area (Å²) in [5, 5.41) is 9.33. The predicted molar refractivity (Wildman–Crippen MR) is 69.1 cm³/mol. The second-order valence-electron chi connectivity index (χ2n) is 4.10. The van der Waals surface area contributed by atoms with Crippen molar-refractivity contribution in [1.29, 1.82) is 0 Å². The third-order valence-electron chi connectivity index (χ3n) is 2.44. The Labute approximate surface area is 111 Å². The molecule has 1 aromatic rings. The normalized spacial score (nSPS) is 13.1. The van der Waals surface area contributed by atoms with Crippen LogP contribution in [0, 0.1) is 0 Å². The summed E-state index contributed by atoms with van der Waals surface area (Å²) in [6.07, 6.45) is 0.769. The van der Waals surface area contributed by atoms with E-state index in [0.29, 0.717) is 11.8 Å². The number of benzene rings is 1. The van der Waals surface area contributed by atoms with Gasteiger partial charge < -0.3 is 15.6 Å². The van der Waals surface area contributed by atoms with Gasteiger partial charge in [-0.15, -0.1) is 12.4 Å². The van der Waals surface area contributed by atoms with Crippen LogP contribution >= 0.6 is 12.4 Å². The summed E-state index contributed by atoms with van der Waals surface area (Å²) in [7, 11) is 1.26. The molecule has 1 rings (SSSR count). The van der Waals surface area contributed by atoms with Crippen LogP contribution in [0.25, 0.3) is 0 Å². The number of esters is 1. The van der Waals surface area contributed by atoms with Crippen molar-refractivity contribution < 1.29 is 19.4 Å². The number of methoxy groups -OCH3 is 1. The molecule has 0 radical (unpaired) electrons. The van der Waals surface area contributed by atoms with Crippen LogP contribution in [0.15, 0.2) is 18.2 Å². The summed E-state index contributed by atoms with van der Waals surface area (Å²) in [6.45, 7) is 1.55. The van der Waals surface area contributed by atoms with Gasteiger partial charge in [-0.25, -0.2) is 0 Å². The molecule has 0 fully saturated rings. The fourth-order valence-corrected chi connectivity index (χ4v) is 1.54. The lowest BCUT2D eigenvalue weighted by molar-refractivity contribution is -0.146. The molecule has 0 aliphatic carbocycles. The van der Waals surface area contributed by atoms with Crippen molar-refractivity contribution in [1.82, 2.24) is 0 Å². The van der Waals surface area contributed by atoms with Gasteiger partial charge in [0.15, 0.2) is 6.29 Å². The Hall–Kier alpha value is -1.59. The van der Waals surface area contributed by atoms with E-state index >= 15 is 0 Å². The van der Waals surface area contributed by atoms with Crippen molar-refractivity contribution in [2.24, 2.45) is 5.73 Å². The number of aromatic hydroxyl groups is 1. The maximum atomic E-state index is 11.4. The van der Waals surface area contributed by atoms with Crippen molar-refractivity contribution in [3.05, 3.63) is 29.3 Å². The number of phenolic OH excluding ortho intramolecular Hbond substituents is 1. The molecule has 100 valence electrons. The summed E-state index contributed by atoms with van der Waals surface area (Å²) in [5.74, 6) is -0.626. The second-order valence-corrected chi connectivity index (χ2v) is 4.10. The molecular formula is C12H16ClNO4. The smallest absolute Gasteiger partial charge is 0.325 e. The molecule has 0 aliphatic rings. The molecule has 0 saturated carbocycles. The standard InChI is InChI=1S/C12H15NO4.ClH/c1-12(13,11(16)17-2)6-8-3-4-10(15)9(5-8)7-14;/h3-5,7,15H,6,13H2,1-2H3;1H/t12-;/m0./s1. The molecule has 18 heavy (non-hydrogen) atoms. The molecule has 1 aromatic carbocycles. The molecule has 0 heterocycles. The van der Waals surface area contributed by atoms with Gasteiger partial charge in [0.25, 0.3) is 0 Å². The Morgan fingerprint density at radius 2 is 2.17 bits per heavy atom. The number of ether oxygens (including phenoxy) is 1. The Morgan fingerprint density at radius 1 is 1.56 bits per heavy atom. The molecule has 5 nitrogen and oxygen atoms in total. The van der Waals surface area contributed by atoms with Gasteiger partial charge in [-0.3, -0.25) is 9.59 Å². The number of phenols is 1. The number of hydrogen-bond donors (Lipinski definition) is 2. The van der Waals surface area contributed by atoms with E-state index in [9.17, 15) is 14.7 Å². The van der Waals surface area contributed by atoms with E-state index in [-0.39, 0.29) is 30.1 Å². The van der Waals surface area contributed by atoms with Gasteiger partial charge in [-0.05, 0) is 24.6 Å². The van der Waals surface area contributed by atoms with E-state index in [1.165, 1.54) is 19.2 Å². The lowest BCUT2D eigenvalue weighted by Gasteiger charge is -2.21. The first-order valence-electron chi connectivity index (χ1n) is 5.05. The quantitative estimate of drug-likeness (QED) is 0.632. The summed E-state index contributed by atoms with van der Waals surface area (Å²) in [4.78, 5) is 22.0. The van der Waals surface area contributed by atoms with Crippen LogP contribution in [0.1, 0.15) is 22.8 Å². The third kappa shape index (κ3) is 3.72. The SMILES string of the molecule is COC(=O)[C@@](C)(N)Cc1ccc(O)c(C=O)c1.Cl. The summed E-state index contributed by atoms with van der Waals surface area (Å²) in [5.41, 5.74) is 5.50. The lowest BCUT2D eigenvalue weighted by atomic mass is 9.93. The number of aldehydes is 1. The van der Waals surface area contributed by atoms with E-state index in [1.807, 2.05) is 0 Å². The fraction of sp³-hybridized carbons (Fsp3) is 0.333. The Kier molecular flexibility index (Phi) is 5.81. The average molecular weight is 274 g/mol. The zero-order valence-corrected chi connectivity index (χ0v) is 11.0. The molecule has 0 unspecified atom stereocenters. The number of nitrogens with two attached hydrogens (primary N) is 1. The number of carbonyl (C=O) groups is 2. The zero-order chi connectivity index (χ0) is 13.1. The maximum absolute atomic E-state index is 11.4. The first-order valence-corrected chi connectivity index (χ1v) is 5.05. The second kappa shape index (κ2) is 6.37. The minimum Gasteiger partial charge on any atom is -0.507 e. The molecule has 0 aliphatic heterocycles. The van der Waals surface area contributed by atoms with Crippen LogP contribution in [-0.4, -0.2) is 30.0 Å². The third-order valence-corrected chi connectivity index (χ3v) is 2.44. The van der Waals surface area contributed by atoms with Crippen molar-refractivity contribution in [3.8, 4) is 5.75 Å². The van der Waals surface area contributed by atoms with Gasteiger partial charge >= 0.3 is 5.97 Å². The topological polar surface area (TPSA) is 89.6 Å².